The monoisotopic (exact) mass is 353 g/mol. The van der Waals surface area contributed by atoms with Gasteiger partial charge in [0.1, 0.15) is 5.75 Å². The van der Waals surface area contributed by atoms with Crippen molar-refractivity contribution in [2.45, 2.75) is 18.9 Å². The van der Waals surface area contributed by atoms with Crippen molar-refractivity contribution in [1.82, 2.24) is 5.32 Å². The minimum Gasteiger partial charge on any atom is -0.435 e. The van der Waals surface area contributed by atoms with Crippen LogP contribution < -0.4 is 10.1 Å². The van der Waals surface area contributed by atoms with Crippen molar-refractivity contribution >= 4 is 16.7 Å². The first-order chi connectivity index (χ1) is 11.4. The molecule has 1 amide bonds. The van der Waals surface area contributed by atoms with E-state index in [0.29, 0.717) is 11.3 Å². The normalized spacial score (nSPS) is 12.0. The van der Waals surface area contributed by atoms with Gasteiger partial charge in [-0.25, -0.2) is 0 Å². The molecular formula is C17H17F2NO3S. The van der Waals surface area contributed by atoms with Crippen LogP contribution >= 0.6 is 0 Å². The second-order valence-electron chi connectivity index (χ2n) is 5.12. The van der Waals surface area contributed by atoms with Gasteiger partial charge >= 0.3 is 6.61 Å². The summed E-state index contributed by atoms with van der Waals surface area (Å²) < 4.78 is 39.7. The van der Waals surface area contributed by atoms with E-state index < -0.39 is 17.4 Å². The molecule has 128 valence electrons. The van der Waals surface area contributed by atoms with Gasteiger partial charge in [0.25, 0.3) is 5.91 Å². The summed E-state index contributed by atoms with van der Waals surface area (Å²) in [5.74, 6) is 0.208. The van der Waals surface area contributed by atoms with Gasteiger partial charge in [-0.2, -0.15) is 8.78 Å². The van der Waals surface area contributed by atoms with Gasteiger partial charge in [0.05, 0.1) is 0 Å². The van der Waals surface area contributed by atoms with E-state index in [4.69, 9.17) is 0 Å². The maximum atomic E-state index is 12.2. The number of hydrogen-bond acceptors (Lipinski definition) is 3. The topological polar surface area (TPSA) is 55.4 Å². The lowest BCUT2D eigenvalue weighted by Gasteiger charge is -2.08. The van der Waals surface area contributed by atoms with Crippen LogP contribution in [0, 0.1) is 0 Å². The molecule has 0 saturated heterocycles. The highest BCUT2D eigenvalue weighted by Gasteiger charge is 2.08. The first-order valence-corrected chi connectivity index (χ1v) is 8.87. The minimum atomic E-state index is -2.86. The largest absolute Gasteiger partial charge is 0.435 e. The van der Waals surface area contributed by atoms with Crippen molar-refractivity contribution in [3.8, 4) is 5.75 Å². The van der Waals surface area contributed by atoms with Crippen LogP contribution in [0.15, 0.2) is 48.5 Å². The average molecular weight is 353 g/mol. The quantitative estimate of drug-likeness (QED) is 0.832. The molecule has 0 aromatic heterocycles. The van der Waals surface area contributed by atoms with Gasteiger partial charge in [-0.05, 0) is 35.4 Å². The highest BCUT2D eigenvalue weighted by Crippen LogP contribution is 2.15. The number of nitrogens with one attached hydrogen (secondary N) is 1. The fraction of sp³-hybridized carbons (Fsp3) is 0.235. The minimum absolute atomic E-state index is 0.0698. The van der Waals surface area contributed by atoms with E-state index in [0.717, 1.165) is 11.1 Å². The Hall–Kier alpha value is -2.28. The Labute approximate surface area is 141 Å². The smallest absolute Gasteiger partial charge is 0.387 e. The predicted octanol–water partition coefficient (Wildman–Crippen LogP) is 3.10. The summed E-state index contributed by atoms with van der Waals surface area (Å²) in [5.41, 5.74) is 2.07. The molecule has 0 spiro atoms. The molecule has 0 aliphatic carbocycles. The van der Waals surface area contributed by atoms with Crippen LogP contribution in [0.4, 0.5) is 8.78 Å². The molecule has 1 atom stereocenters. The standard InChI is InChI=1S/C17H17F2NO3S/c1-24(22)11-13-3-2-4-14(9-13)16(21)20-10-12-5-7-15(8-6-12)23-17(18)19/h2-9,17H,10-11H2,1H3,(H,20,21). The van der Waals surface area contributed by atoms with Crippen LogP contribution in [0.25, 0.3) is 0 Å². The van der Waals surface area contributed by atoms with Gasteiger partial charge in [-0.3, -0.25) is 9.00 Å². The van der Waals surface area contributed by atoms with Crippen LogP contribution in [0.2, 0.25) is 0 Å². The van der Waals surface area contributed by atoms with Gasteiger partial charge < -0.3 is 10.1 Å². The first kappa shape index (κ1) is 18.1. The van der Waals surface area contributed by atoms with Crippen molar-refractivity contribution in [3.05, 3.63) is 65.2 Å². The van der Waals surface area contributed by atoms with Crippen molar-refractivity contribution in [2.24, 2.45) is 0 Å². The molecule has 1 unspecified atom stereocenters. The van der Waals surface area contributed by atoms with Crippen LogP contribution in [0.3, 0.4) is 0 Å². The zero-order valence-corrected chi connectivity index (χ0v) is 13.8. The van der Waals surface area contributed by atoms with E-state index in [-0.39, 0.29) is 18.2 Å². The lowest BCUT2D eigenvalue weighted by molar-refractivity contribution is -0.0498. The van der Waals surface area contributed by atoms with E-state index in [2.05, 4.69) is 10.1 Å². The lowest BCUT2D eigenvalue weighted by atomic mass is 10.1. The Morgan fingerprint density at radius 2 is 1.88 bits per heavy atom. The molecule has 24 heavy (non-hydrogen) atoms. The summed E-state index contributed by atoms with van der Waals surface area (Å²) in [6.45, 7) is -2.60. The van der Waals surface area contributed by atoms with Gasteiger partial charge in [-0.15, -0.1) is 0 Å². The lowest BCUT2D eigenvalue weighted by Crippen LogP contribution is -2.22. The van der Waals surface area contributed by atoms with E-state index in [1.165, 1.54) is 12.1 Å². The number of halogens is 2. The molecule has 0 aliphatic heterocycles. The fourth-order valence-electron chi connectivity index (χ4n) is 2.11. The van der Waals surface area contributed by atoms with Crippen LogP contribution in [0.5, 0.6) is 5.75 Å². The highest BCUT2D eigenvalue weighted by atomic mass is 32.2. The molecule has 7 heteroatoms. The summed E-state index contributed by atoms with van der Waals surface area (Å²) in [7, 11) is -0.975. The molecule has 0 aliphatic rings. The third kappa shape index (κ3) is 5.73. The summed E-state index contributed by atoms with van der Waals surface area (Å²) >= 11 is 0. The number of ether oxygens (including phenoxy) is 1. The molecule has 2 rings (SSSR count). The number of rotatable bonds is 7. The van der Waals surface area contributed by atoms with Crippen molar-refractivity contribution in [2.75, 3.05) is 6.26 Å². The number of benzene rings is 2. The van der Waals surface area contributed by atoms with E-state index in [9.17, 15) is 17.8 Å². The second-order valence-corrected chi connectivity index (χ2v) is 6.56. The van der Waals surface area contributed by atoms with Gasteiger partial charge in [0, 0.05) is 34.9 Å². The summed E-state index contributed by atoms with van der Waals surface area (Å²) in [6.07, 6.45) is 1.61. The van der Waals surface area contributed by atoms with Crippen molar-refractivity contribution < 1.29 is 22.5 Å². The fourth-order valence-corrected chi connectivity index (χ4v) is 2.76. The van der Waals surface area contributed by atoms with Crippen LogP contribution in [0.1, 0.15) is 21.5 Å². The van der Waals surface area contributed by atoms with Crippen molar-refractivity contribution in [1.29, 1.82) is 0 Å². The number of amides is 1. The molecule has 4 nitrogen and oxygen atoms in total. The third-order valence-electron chi connectivity index (χ3n) is 3.16. The molecule has 2 aromatic carbocycles. The SMILES string of the molecule is CS(=O)Cc1cccc(C(=O)NCc2ccc(OC(F)F)cc2)c1. The van der Waals surface area contributed by atoms with E-state index in [1.54, 1.807) is 36.6 Å². The van der Waals surface area contributed by atoms with E-state index >= 15 is 0 Å². The Bertz CT molecular complexity index is 720. The molecule has 0 radical (unpaired) electrons. The summed E-state index contributed by atoms with van der Waals surface area (Å²) in [4.78, 5) is 12.2. The maximum Gasteiger partial charge on any atom is 0.387 e. The van der Waals surface area contributed by atoms with Gasteiger partial charge in [-0.1, -0.05) is 24.3 Å². The molecule has 0 fully saturated rings. The highest BCUT2D eigenvalue weighted by molar-refractivity contribution is 7.83. The number of carbonyl (C=O) groups excluding carboxylic acids is 1. The molecule has 0 heterocycles. The zero-order valence-electron chi connectivity index (χ0n) is 13.0. The Kier molecular flexibility index (Phi) is 6.43. The van der Waals surface area contributed by atoms with E-state index in [1.807, 2.05) is 6.07 Å². The predicted molar refractivity (Wildman–Crippen MR) is 88.5 cm³/mol. The van der Waals surface area contributed by atoms with Gasteiger partial charge in [0.15, 0.2) is 0 Å². The summed E-state index contributed by atoms with van der Waals surface area (Å²) in [5, 5.41) is 2.75. The van der Waals surface area contributed by atoms with Gasteiger partial charge in [0.2, 0.25) is 0 Å². The van der Waals surface area contributed by atoms with Crippen LogP contribution in [-0.4, -0.2) is 23.0 Å². The molecule has 0 saturated carbocycles. The first-order valence-electron chi connectivity index (χ1n) is 7.15. The van der Waals surface area contributed by atoms with Crippen molar-refractivity contribution in [3.63, 3.8) is 0 Å². The molecule has 0 bridgehead atoms. The summed E-state index contributed by atoms with van der Waals surface area (Å²) in [6, 6.07) is 13.0. The Balaban J connectivity index is 1.94. The third-order valence-corrected chi connectivity index (χ3v) is 3.90. The molecule has 2 aromatic rings. The Morgan fingerprint density at radius 3 is 2.50 bits per heavy atom. The number of alkyl halides is 2. The molecule has 1 N–H and O–H groups in total. The zero-order chi connectivity index (χ0) is 17.5. The maximum absolute atomic E-state index is 12.2. The number of hydrogen-bond donors (Lipinski definition) is 1. The Morgan fingerprint density at radius 1 is 1.17 bits per heavy atom. The van der Waals surface area contributed by atoms with Crippen LogP contribution in [-0.2, 0) is 23.1 Å². The second kappa shape index (κ2) is 8.54. The molecular weight excluding hydrogens is 336 g/mol. The average Bonchev–Trinajstić information content (AvgIpc) is 2.53. The number of carbonyl (C=O) groups is 1.